The minimum absolute atomic E-state index is 0.334. The summed E-state index contributed by atoms with van der Waals surface area (Å²) in [4.78, 5) is 0. The van der Waals surface area contributed by atoms with Gasteiger partial charge >= 0.3 is 0 Å². The van der Waals surface area contributed by atoms with E-state index in [4.69, 9.17) is 0 Å². The molecule has 2 rings (SSSR count). The molecule has 102 valence electrons. The first-order valence-corrected chi connectivity index (χ1v) is 6.19. The summed E-state index contributed by atoms with van der Waals surface area (Å²) in [6.07, 6.45) is 1.23. The van der Waals surface area contributed by atoms with Gasteiger partial charge in [-0.2, -0.15) is 5.10 Å². The van der Waals surface area contributed by atoms with Crippen LogP contribution in [0.5, 0.6) is 0 Å². The second-order valence-corrected chi connectivity index (χ2v) is 4.62. The Morgan fingerprint density at radius 3 is 2.89 bits per heavy atom. The van der Waals surface area contributed by atoms with Gasteiger partial charge in [0.25, 0.3) is 0 Å². The number of aromatic nitrogens is 2. The number of aliphatic hydroxyl groups excluding tert-OH is 1. The lowest BCUT2D eigenvalue weighted by Crippen LogP contribution is -2.21. The lowest BCUT2D eigenvalue weighted by Gasteiger charge is -2.12. The van der Waals surface area contributed by atoms with E-state index in [1.807, 2.05) is 20.2 Å². The molecule has 1 aromatic heterocycles. The topological polar surface area (TPSA) is 50.1 Å². The third-order valence-electron chi connectivity index (χ3n) is 3.00. The van der Waals surface area contributed by atoms with E-state index in [1.54, 1.807) is 16.8 Å². The van der Waals surface area contributed by atoms with Crippen molar-refractivity contribution in [2.45, 2.75) is 19.6 Å². The fourth-order valence-corrected chi connectivity index (χ4v) is 2.00. The number of aliphatic hydroxyl groups is 1. The van der Waals surface area contributed by atoms with Gasteiger partial charge in [0, 0.05) is 31.9 Å². The third kappa shape index (κ3) is 3.62. The van der Waals surface area contributed by atoms with Crippen molar-refractivity contribution in [1.29, 1.82) is 0 Å². The number of halogens is 1. The Morgan fingerprint density at radius 1 is 1.47 bits per heavy atom. The number of benzene rings is 1. The molecule has 19 heavy (non-hydrogen) atoms. The third-order valence-corrected chi connectivity index (χ3v) is 3.00. The average Bonchev–Trinajstić information content (AvgIpc) is 2.68. The molecule has 1 atom stereocenters. The lowest BCUT2D eigenvalue weighted by molar-refractivity contribution is 0.174. The summed E-state index contributed by atoms with van der Waals surface area (Å²) in [7, 11) is 1.87. The lowest BCUT2D eigenvalue weighted by atomic mass is 10.1. The highest BCUT2D eigenvalue weighted by atomic mass is 19.1. The van der Waals surface area contributed by atoms with Gasteiger partial charge in [-0.3, -0.25) is 4.68 Å². The molecule has 2 aromatic rings. The maximum absolute atomic E-state index is 13.0. The van der Waals surface area contributed by atoms with E-state index < -0.39 is 6.10 Å². The van der Waals surface area contributed by atoms with Crippen molar-refractivity contribution in [1.82, 2.24) is 15.1 Å². The summed E-state index contributed by atoms with van der Waals surface area (Å²) in [5.41, 5.74) is 2.64. The second kappa shape index (κ2) is 5.95. The van der Waals surface area contributed by atoms with E-state index in [2.05, 4.69) is 10.4 Å². The number of rotatable bonds is 5. The van der Waals surface area contributed by atoms with Crippen LogP contribution in [0, 0.1) is 12.7 Å². The van der Waals surface area contributed by atoms with E-state index in [0.717, 1.165) is 11.3 Å². The van der Waals surface area contributed by atoms with Crippen LogP contribution in [0.1, 0.15) is 22.9 Å². The highest BCUT2D eigenvalue weighted by Gasteiger charge is 2.09. The maximum Gasteiger partial charge on any atom is 0.123 e. The molecule has 4 nitrogen and oxygen atoms in total. The van der Waals surface area contributed by atoms with E-state index in [9.17, 15) is 9.50 Å². The van der Waals surface area contributed by atoms with Crippen molar-refractivity contribution in [2.75, 3.05) is 6.54 Å². The normalized spacial score (nSPS) is 12.6. The van der Waals surface area contributed by atoms with Crippen molar-refractivity contribution in [3.8, 4) is 0 Å². The zero-order chi connectivity index (χ0) is 13.8. The zero-order valence-electron chi connectivity index (χ0n) is 11.1. The van der Waals surface area contributed by atoms with Crippen LogP contribution in [0.15, 0.2) is 30.5 Å². The Kier molecular flexibility index (Phi) is 4.29. The number of aryl methyl sites for hydroxylation is 2. The number of hydrogen-bond donors (Lipinski definition) is 2. The summed E-state index contributed by atoms with van der Waals surface area (Å²) in [5.74, 6) is -0.334. The Hall–Kier alpha value is -1.72. The van der Waals surface area contributed by atoms with Gasteiger partial charge in [-0.25, -0.2) is 4.39 Å². The molecule has 0 fully saturated rings. The standard InChI is InChI=1S/C14H18FN3O/c1-10-12(9-18(2)17-10)7-16-8-14(19)11-4-3-5-13(15)6-11/h3-6,9,14,16,19H,7-8H2,1-2H3. The molecular formula is C14H18FN3O. The quantitative estimate of drug-likeness (QED) is 0.863. The van der Waals surface area contributed by atoms with Gasteiger partial charge in [0.2, 0.25) is 0 Å². The summed E-state index contributed by atoms with van der Waals surface area (Å²) in [6, 6.07) is 6.02. The predicted molar refractivity (Wildman–Crippen MR) is 71.0 cm³/mol. The molecule has 1 heterocycles. The Bertz CT molecular complexity index is 553. The first kappa shape index (κ1) is 13.7. The molecule has 5 heteroatoms. The van der Waals surface area contributed by atoms with Crippen molar-refractivity contribution >= 4 is 0 Å². The monoisotopic (exact) mass is 263 g/mol. The second-order valence-electron chi connectivity index (χ2n) is 4.62. The molecule has 0 radical (unpaired) electrons. The Labute approximate surface area is 111 Å². The molecule has 1 unspecified atom stereocenters. The number of nitrogens with zero attached hydrogens (tertiary/aromatic N) is 2. The van der Waals surface area contributed by atoms with E-state index in [0.29, 0.717) is 18.7 Å². The SMILES string of the molecule is Cc1nn(C)cc1CNCC(O)c1cccc(F)c1. The molecule has 0 amide bonds. The molecular weight excluding hydrogens is 245 g/mol. The maximum atomic E-state index is 13.0. The van der Waals surface area contributed by atoms with Crippen LogP contribution >= 0.6 is 0 Å². The smallest absolute Gasteiger partial charge is 0.123 e. The van der Waals surface area contributed by atoms with Gasteiger partial charge < -0.3 is 10.4 Å². The Balaban J connectivity index is 1.87. The highest BCUT2D eigenvalue weighted by Crippen LogP contribution is 2.13. The van der Waals surface area contributed by atoms with Gasteiger partial charge in [-0.1, -0.05) is 12.1 Å². The van der Waals surface area contributed by atoms with Crippen LogP contribution in [-0.4, -0.2) is 21.4 Å². The van der Waals surface area contributed by atoms with Crippen LogP contribution in [0.3, 0.4) is 0 Å². The van der Waals surface area contributed by atoms with Crippen molar-refractivity contribution in [2.24, 2.45) is 7.05 Å². The van der Waals surface area contributed by atoms with Crippen LogP contribution in [0.2, 0.25) is 0 Å². The first-order chi connectivity index (χ1) is 9.06. The molecule has 0 saturated heterocycles. The van der Waals surface area contributed by atoms with E-state index >= 15 is 0 Å². The molecule has 0 aliphatic heterocycles. The highest BCUT2D eigenvalue weighted by molar-refractivity contribution is 5.19. The van der Waals surface area contributed by atoms with Crippen molar-refractivity contribution in [3.63, 3.8) is 0 Å². The largest absolute Gasteiger partial charge is 0.387 e. The number of hydrogen-bond acceptors (Lipinski definition) is 3. The van der Waals surface area contributed by atoms with E-state index in [1.165, 1.54) is 12.1 Å². The zero-order valence-corrected chi connectivity index (χ0v) is 11.1. The van der Waals surface area contributed by atoms with Gasteiger partial charge in [-0.15, -0.1) is 0 Å². The molecule has 0 aliphatic rings. The van der Waals surface area contributed by atoms with Crippen LogP contribution in [-0.2, 0) is 13.6 Å². The minimum atomic E-state index is -0.715. The van der Waals surface area contributed by atoms with E-state index in [-0.39, 0.29) is 5.82 Å². The van der Waals surface area contributed by atoms with Gasteiger partial charge in [-0.05, 0) is 24.6 Å². The summed E-state index contributed by atoms with van der Waals surface area (Å²) in [6.45, 7) is 2.95. The van der Waals surface area contributed by atoms with Crippen LogP contribution in [0.25, 0.3) is 0 Å². The molecule has 0 saturated carbocycles. The first-order valence-electron chi connectivity index (χ1n) is 6.19. The molecule has 0 spiro atoms. The summed E-state index contributed by atoms with van der Waals surface area (Å²) < 4.78 is 14.8. The van der Waals surface area contributed by atoms with Gasteiger partial charge in [0.15, 0.2) is 0 Å². The molecule has 2 N–H and O–H groups in total. The van der Waals surface area contributed by atoms with Gasteiger partial charge in [0.05, 0.1) is 11.8 Å². The molecule has 1 aromatic carbocycles. The van der Waals surface area contributed by atoms with Crippen molar-refractivity contribution < 1.29 is 9.50 Å². The fourth-order valence-electron chi connectivity index (χ4n) is 2.00. The van der Waals surface area contributed by atoms with Crippen LogP contribution < -0.4 is 5.32 Å². The fraction of sp³-hybridized carbons (Fsp3) is 0.357. The van der Waals surface area contributed by atoms with Crippen LogP contribution in [0.4, 0.5) is 4.39 Å². The van der Waals surface area contributed by atoms with Gasteiger partial charge in [0.1, 0.15) is 5.82 Å². The predicted octanol–water partition coefficient (Wildman–Crippen LogP) is 1.69. The molecule has 0 bridgehead atoms. The minimum Gasteiger partial charge on any atom is -0.387 e. The summed E-state index contributed by atoms with van der Waals surface area (Å²) in [5, 5.41) is 17.3. The molecule has 0 aliphatic carbocycles. The van der Waals surface area contributed by atoms with Crippen molar-refractivity contribution in [3.05, 3.63) is 53.1 Å². The summed E-state index contributed by atoms with van der Waals surface area (Å²) >= 11 is 0. The average molecular weight is 263 g/mol. The Morgan fingerprint density at radius 2 is 2.26 bits per heavy atom. The number of nitrogens with one attached hydrogen (secondary N) is 1.